The Morgan fingerprint density at radius 1 is 1.06 bits per heavy atom. The summed E-state index contributed by atoms with van der Waals surface area (Å²) in [7, 11) is 0. The second-order valence-corrected chi connectivity index (χ2v) is 3.91. The third-order valence-corrected chi connectivity index (χ3v) is 2.77. The molecule has 0 saturated carbocycles. The lowest BCUT2D eigenvalue weighted by molar-refractivity contribution is 0.0342. The van der Waals surface area contributed by atoms with Gasteiger partial charge < -0.3 is 10.5 Å². The van der Waals surface area contributed by atoms with Crippen molar-refractivity contribution in [2.24, 2.45) is 5.73 Å². The zero-order valence-corrected chi connectivity index (χ0v) is 10.2. The van der Waals surface area contributed by atoms with E-state index >= 15 is 0 Å². The molecule has 1 aromatic carbocycles. The van der Waals surface area contributed by atoms with E-state index in [0.29, 0.717) is 6.54 Å². The van der Waals surface area contributed by atoms with Crippen LogP contribution in [0.4, 0.5) is 0 Å². The fourth-order valence-corrected chi connectivity index (χ4v) is 1.80. The Morgan fingerprint density at radius 3 is 2.19 bits per heavy atom. The lowest BCUT2D eigenvalue weighted by Crippen LogP contribution is -2.35. The summed E-state index contributed by atoms with van der Waals surface area (Å²) in [4.78, 5) is 2.42. The number of morpholine rings is 1. The van der Waals surface area contributed by atoms with Crippen molar-refractivity contribution in [2.45, 2.75) is 13.1 Å². The monoisotopic (exact) mass is 242 g/mol. The van der Waals surface area contributed by atoms with Crippen molar-refractivity contribution in [1.82, 2.24) is 4.90 Å². The quantitative estimate of drug-likeness (QED) is 0.871. The number of benzene rings is 1. The van der Waals surface area contributed by atoms with E-state index in [1.165, 1.54) is 11.1 Å². The first kappa shape index (κ1) is 13.5. The molecule has 0 bridgehead atoms. The Hall–Kier alpha value is -0.610. The van der Waals surface area contributed by atoms with Gasteiger partial charge in [-0.2, -0.15) is 0 Å². The molecule has 3 nitrogen and oxygen atoms in total. The highest BCUT2D eigenvalue weighted by atomic mass is 35.5. The van der Waals surface area contributed by atoms with Gasteiger partial charge in [-0.1, -0.05) is 24.3 Å². The summed E-state index contributed by atoms with van der Waals surface area (Å²) in [5.74, 6) is 0. The Balaban J connectivity index is 0.00000128. The van der Waals surface area contributed by atoms with Gasteiger partial charge in [0, 0.05) is 26.2 Å². The van der Waals surface area contributed by atoms with Gasteiger partial charge in [-0.15, -0.1) is 12.4 Å². The maximum atomic E-state index is 5.56. The molecule has 0 amide bonds. The van der Waals surface area contributed by atoms with E-state index in [0.717, 1.165) is 32.8 Å². The highest BCUT2D eigenvalue weighted by Crippen LogP contribution is 2.08. The molecular formula is C12H19ClN2O. The van der Waals surface area contributed by atoms with Gasteiger partial charge in [-0.05, 0) is 11.1 Å². The van der Waals surface area contributed by atoms with Crippen molar-refractivity contribution in [3.63, 3.8) is 0 Å². The molecule has 2 rings (SSSR count). The number of halogens is 1. The van der Waals surface area contributed by atoms with Gasteiger partial charge >= 0.3 is 0 Å². The zero-order chi connectivity index (χ0) is 10.5. The first-order chi connectivity index (χ1) is 7.38. The molecule has 1 aliphatic heterocycles. The summed E-state index contributed by atoms with van der Waals surface area (Å²) >= 11 is 0. The molecule has 1 heterocycles. The molecule has 0 aromatic heterocycles. The van der Waals surface area contributed by atoms with Crippen LogP contribution in [0.3, 0.4) is 0 Å². The maximum Gasteiger partial charge on any atom is 0.0594 e. The second kappa shape index (κ2) is 6.86. The third-order valence-electron chi connectivity index (χ3n) is 2.77. The summed E-state index contributed by atoms with van der Waals surface area (Å²) in [6.07, 6.45) is 0. The topological polar surface area (TPSA) is 38.5 Å². The number of nitrogens with zero attached hydrogens (tertiary/aromatic N) is 1. The molecule has 1 fully saturated rings. The number of nitrogens with two attached hydrogens (primary N) is 1. The van der Waals surface area contributed by atoms with Crippen LogP contribution in [0.1, 0.15) is 11.1 Å². The first-order valence-electron chi connectivity index (χ1n) is 5.46. The van der Waals surface area contributed by atoms with Crippen molar-refractivity contribution in [2.75, 3.05) is 26.3 Å². The lowest BCUT2D eigenvalue weighted by atomic mass is 10.1. The van der Waals surface area contributed by atoms with Gasteiger partial charge in [0.2, 0.25) is 0 Å². The van der Waals surface area contributed by atoms with Crippen LogP contribution in [0.2, 0.25) is 0 Å². The predicted molar refractivity (Wildman–Crippen MR) is 67.7 cm³/mol. The molecular weight excluding hydrogens is 224 g/mol. The fourth-order valence-electron chi connectivity index (χ4n) is 1.80. The summed E-state index contributed by atoms with van der Waals surface area (Å²) < 4.78 is 5.32. The Morgan fingerprint density at radius 2 is 1.62 bits per heavy atom. The van der Waals surface area contributed by atoms with Gasteiger partial charge in [0.25, 0.3) is 0 Å². The molecule has 4 heteroatoms. The normalized spacial score (nSPS) is 16.8. The van der Waals surface area contributed by atoms with E-state index in [1.54, 1.807) is 0 Å². The molecule has 90 valence electrons. The molecule has 0 radical (unpaired) electrons. The minimum absolute atomic E-state index is 0. The van der Waals surface area contributed by atoms with Crippen molar-refractivity contribution >= 4 is 12.4 Å². The number of ether oxygens (including phenoxy) is 1. The van der Waals surface area contributed by atoms with Crippen LogP contribution in [-0.2, 0) is 17.8 Å². The number of rotatable bonds is 3. The summed E-state index contributed by atoms with van der Waals surface area (Å²) in [5, 5.41) is 0. The first-order valence-corrected chi connectivity index (χ1v) is 5.46. The Kier molecular flexibility index (Phi) is 5.77. The van der Waals surface area contributed by atoms with Crippen molar-refractivity contribution in [3.8, 4) is 0 Å². The van der Waals surface area contributed by atoms with Crippen LogP contribution in [0.15, 0.2) is 24.3 Å². The second-order valence-electron chi connectivity index (χ2n) is 3.91. The van der Waals surface area contributed by atoms with Crippen molar-refractivity contribution < 1.29 is 4.74 Å². The van der Waals surface area contributed by atoms with Crippen LogP contribution >= 0.6 is 12.4 Å². The average Bonchev–Trinajstić information content (AvgIpc) is 2.31. The molecule has 16 heavy (non-hydrogen) atoms. The SMILES string of the molecule is Cl.NCc1ccc(CN2CCOCC2)cc1. The molecule has 1 aromatic rings. The highest BCUT2D eigenvalue weighted by Gasteiger charge is 2.10. The highest BCUT2D eigenvalue weighted by molar-refractivity contribution is 5.85. The van der Waals surface area contributed by atoms with E-state index in [-0.39, 0.29) is 12.4 Å². The molecule has 0 unspecified atom stereocenters. The van der Waals surface area contributed by atoms with Crippen LogP contribution in [0.5, 0.6) is 0 Å². The zero-order valence-electron chi connectivity index (χ0n) is 9.39. The van der Waals surface area contributed by atoms with Crippen LogP contribution in [0.25, 0.3) is 0 Å². The van der Waals surface area contributed by atoms with E-state index < -0.39 is 0 Å². The lowest BCUT2D eigenvalue weighted by Gasteiger charge is -2.26. The molecule has 0 aliphatic carbocycles. The van der Waals surface area contributed by atoms with E-state index in [4.69, 9.17) is 10.5 Å². The average molecular weight is 243 g/mol. The molecule has 0 atom stereocenters. The smallest absolute Gasteiger partial charge is 0.0594 e. The van der Waals surface area contributed by atoms with Gasteiger partial charge in [-0.25, -0.2) is 0 Å². The van der Waals surface area contributed by atoms with Gasteiger partial charge in [-0.3, -0.25) is 4.90 Å². The van der Waals surface area contributed by atoms with Crippen LogP contribution in [-0.4, -0.2) is 31.2 Å². The number of hydrogen-bond donors (Lipinski definition) is 1. The maximum absolute atomic E-state index is 5.56. The van der Waals surface area contributed by atoms with Crippen LogP contribution < -0.4 is 5.73 Å². The van der Waals surface area contributed by atoms with Crippen molar-refractivity contribution in [3.05, 3.63) is 35.4 Å². The Labute approximate surface area is 103 Å². The third kappa shape index (κ3) is 3.76. The minimum Gasteiger partial charge on any atom is -0.379 e. The molecule has 1 aliphatic rings. The van der Waals surface area contributed by atoms with E-state index in [9.17, 15) is 0 Å². The molecule has 0 spiro atoms. The minimum atomic E-state index is 0. The van der Waals surface area contributed by atoms with Crippen molar-refractivity contribution in [1.29, 1.82) is 0 Å². The standard InChI is InChI=1S/C12H18N2O.ClH/c13-9-11-1-3-12(4-2-11)10-14-5-7-15-8-6-14;/h1-4H,5-10,13H2;1H. The van der Waals surface area contributed by atoms with Crippen LogP contribution in [0, 0.1) is 0 Å². The van der Waals surface area contributed by atoms with Gasteiger partial charge in [0.15, 0.2) is 0 Å². The summed E-state index contributed by atoms with van der Waals surface area (Å²) in [6, 6.07) is 8.54. The fraction of sp³-hybridized carbons (Fsp3) is 0.500. The largest absolute Gasteiger partial charge is 0.379 e. The van der Waals surface area contributed by atoms with E-state index in [2.05, 4.69) is 29.2 Å². The van der Waals surface area contributed by atoms with Gasteiger partial charge in [0.1, 0.15) is 0 Å². The van der Waals surface area contributed by atoms with E-state index in [1.807, 2.05) is 0 Å². The predicted octanol–water partition coefficient (Wildman–Crippen LogP) is 1.40. The summed E-state index contributed by atoms with van der Waals surface area (Å²) in [6.45, 7) is 5.45. The molecule has 2 N–H and O–H groups in total. The summed E-state index contributed by atoms with van der Waals surface area (Å²) in [5.41, 5.74) is 8.11. The van der Waals surface area contributed by atoms with Gasteiger partial charge in [0.05, 0.1) is 13.2 Å². The number of hydrogen-bond acceptors (Lipinski definition) is 3. The Bertz CT molecular complexity index is 296. The molecule has 1 saturated heterocycles.